The van der Waals surface area contributed by atoms with E-state index in [1.807, 2.05) is 0 Å². The number of carboxylic acid groups (broad SMARTS) is 1. The van der Waals surface area contributed by atoms with E-state index in [9.17, 15) is 18.0 Å². The van der Waals surface area contributed by atoms with E-state index in [0.717, 1.165) is 17.6 Å². The first kappa shape index (κ1) is 13.7. The molecule has 0 aliphatic rings. The highest BCUT2D eigenvalue weighted by molar-refractivity contribution is 7.90. The van der Waals surface area contributed by atoms with E-state index >= 15 is 0 Å². The van der Waals surface area contributed by atoms with E-state index < -0.39 is 21.7 Å². The fourth-order valence-electron chi connectivity index (χ4n) is 0.998. The van der Waals surface area contributed by atoms with Crippen LogP contribution >= 0.6 is 11.3 Å². The number of carboxylic acids is 1. The summed E-state index contributed by atoms with van der Waals surface area (Å²) in [5.41, 5.74) is 0. The van der Waals surface area contributed by atoms with Gasteiger partial charge in [-0.25, -0.2) is 13.2 Å². The van der Waals surface area contributed by atoms with Crippen molar-refractivity contribution in [2.24, 2.45) is 0 Å². The van der Waals surface area contributed by atoms with Gasteiger partial charge in [0.1, 0.15) is 14.7 Å². The lowest BCUT2D eigenvalue weighted by atomic mass is 10.4. The molecule has 1 heterocycles. The third-order valence-electron chi connectivity index (χ3n) is 1.78. The number of thiophene rings is 1. The van der Waals surface area contributed by atoms with Crippen molar-refractivity contribution in [3.8, 4) is 0 Å². The number of carbonyl (C=O) groups excluding carboxylic acids is 1. The summed E-state index contributed by atoms with van der Waals surface area (Å²) in [6, 6.07) is 2.84. The summed E-state index contributed by atoms with van der Waals surface area (Å²) in [6.07, 6.45) is 0.910. The van der Waals surface area contributed by atoms with E-state index in [0.29, 0.717) is 5.00 Å². The smallest absolute Gasteiger partial charge is 0.345 e. The van der Waals surface area contributed by atoms with Crippen molar-refractivity contribution in [3.63, 3.8) is 0 Å². The Labute approximate surface area is 102 Å². The van der Waals surface area contributed by atoms with Crippen LogP contribution in [-0.4, -0.2) is 37.4 Å². The van der Waals surface area contributed by atoms with E-state index in [2.05, 4.69) is 5.32 Å². The topological polar surface area (TPSA) is 101 Å². The summed E-state index contributed by atoms with van der Waals surface area (Å²) >= 11 is 0.922. The minimum atomic E-state index is -3.17. The molecule has 0 unspecified atom stereocenters. The van der Waals surface area contributed by atoms with Crippen LogP contribution in [0.25, 0.3) is 0 Å². The van der Waals surface area contributed by atoms with Gasteiger partial charge >= 0.3 is 5.97 Å². The monoisotopic (exact) mass is 277 g/mol. The Bertz CT molecular complexity index is 531. The normalized spacial score (nSPS) is 11.1. The maximum atomic E-state index is 11.3. The summed E-state index contributed by atoms with van der Waals surface area (Å²) in [5, 5.41) is 11.5. The quantitative estimate of drug-likeness (QED) is 0.829. The predicted molar refractivity (Wildman–Crippen MR) is 64.2 cm³/mol. The minimum Gasteiger partial charge on any atom is -0.477 e. The second-order valence-corrected chi connectivity index (χ2v) is 6.74. The molecule has 17 heavy (non-hydrogen) atoms. The molecule has 1 rings (SSSR count). The van der Waals surface area contributed by atoms with Gasteiger partial charge in [-0.3, -0.25) is 4.79 Å². The Morgan fingerprint density at radius 2 is 2.06 bits per heavy atom. The van der Waals surface area contributed by atoms with Crippen molar-refractivity contribution in [1.82, 2.24) is 0 Å². The van der Waals surface area contributed by atoms with Gasteiger partial charge in [-0.2, -0.15) is 0 Å². The van der Waals surface area contributed by atoms with E-state index in [1.165, 1.54) is 12.1 Å². The van der Waals surface area contributed by atoms with Gasteiger partial charge in [0.2, 0.25) is 5.91 Å². The van der Waals surface area contributed by atoms with Crippen LogP contribution in [0.4, 0.5) is 5.00 Å². The van der Waals surface area contributed by atoms with Crippen LogP contribution in [0.15, 0.2) is 12.1 Å². The maximum Gasteiger partial charge on any atom is 0.345 e. The lowest BCUT2D eigenvalue weighted by Crippen LogP contribution is -2.15. The molecular weight excluding hydrogens is 266 g/mol. The Balaban J connectivity index is 2.53. The van der Waals surface area contributed by atoms with Crippen molar-refractivity contribution in [2.45, 2.75) is 6.42 Å². The third kappa shape index (κ3) is 4.96. The molecule has 0 saturated heterocycles. The van der Waals surface area contributed by atoms with Crippen LogP contribution in [0.1, 0.15) is 16.1 Å². The number of amides is 1. The largest absolute Gasteiger partial charge is 0.477 e. The average Bonchev–Trinajstić information content (AvgIpc) is 2.62. The molecule has 8 heteroatoms. The van der Waals surface area contributed by atoms with Crippen LogP contribution in [-0.2, 0) is 14.6 Å². The SMILES string of the molecule is CS(=O)(=O)CCC(=O)Nc1ccc(C(=O)O)s1. The van der Waals surface area contributed by atoms with E-state index in [4.69, 9.17) is 5.11 Å². The van der Waals surface area contributed by atoms with Crippen molar-refractivity contribution in [3.05, 3.63) is 17.0 Å². The second-order valence-electron chi connectivity index (χ2n) is 3.40. The standard InChI is InChI=1S/C9H11NO5S2/c1-17(14,15)5-4-7(11)10-8-3-2-6(16-8)9(12)13/h2-3H,4-5H2,1H3,(H,10,11)(H,12,13). The highest BCUT2D eigenvalue weighted by Crippen LogP contribution is 2.21. The first-order chi connectivity index (χ1) is 7.78. The van der Waals surface area contributed by atoms with Gasteiger partial charge in [0, 0.05) is 12.7 Å². The van der Waals surface area contributed by atoms with E-state index in [1.54, 1.807) is 0 Å². The van der Waals surface area contributed by atoms with Crippen LogP contribution in [0.3, 0.4) is 0 Å². The molecular formula is C9H11NO5S2. The summed E-state index contributed by atoms with van der Waals surface area (Å²) in [6.45, 7) is 0. The Hall–Kier alpha value is -1.41. The molecule has 0 aromatic carbocycles. The van der Waals surface area contributed by atoms with Gasteiger partial charge in [-0.15, -0.1) is 11.3 Å². The Kier molecular flexibility index (Phi) is 4.24. The molecule has 0 atom stereocenters. The Morgan fingerprint density at radius 3 is 2.53 bits per heavy atom. The lowest BCUT2D eigenvalue weighted by molar-refractivity contribution is -0.115. The zero-order valence-electron chi connectivity index (χ0n) is 8.97. The minimum absolute atomic E-state index is 0.114. The molecule has 1 aromatic rings. The molecule has 94 valence electrons. The zero-order valence-corrected chi connectivity index (χ0v) is 10.6. The predicted octanol–water partition coefficient (Wildman–Crippen LogP) is 0.819. The lowest BCUT2D eigenvalue weighted by Gasteiger charge is -2.00. The van der Waals surface area contributed by atoms with Gasteiger partial charge in [-0.1, -0.05) is 0 Å². The van der Waals surface area contributed by atoms with E-state index in [-0.39, 0.29) is 17.1 Å². The highest BCUT2D eigenvalue weighted by atomic mass is 32.2. The number of rotatable bonds is 5. The number of hydrogen-bond acceptors (Lipinski definition) is 5. The third-order valence-corrected chi connectivity index (χ3v) is 3.71. The van der Waals surface area contributed by atoms with Gasteiger partial charge in [0.15, 0.2) is 0 Å². The number of anilines is 1. The highest BCUT2D eigenvalue weighted by Gasteiger charge is 2.11. The van der Waals surface area contributed by atoms with Gasteiger partial charge < -0.3 is 10.4 Å². The number of carbonyl (C=O) groups is 2. The van der Waals surface area contributed by atoms with Crippen LogP contribution in [0.5, 0.6) is 0 Å². The molecule has 0 bridgehead atoms. The van der Waals surface area contributed by atoms with Crippen LogP contribution in [0, 0.1) is 0 Å². The number of hydrogen-bond donors (Lipinski definition) is 2. The van der Waals surface area contributed by atoms with Crippen molar-refractivity contribution in [1.29, 1.82) is 0 Å². The molecule has 0 aliphatic heterocycles. The maximum absolute atomic E-state index is 11.3. The van der Waals surface area contributed by atoms with Gasteiger partial charge in [0.05, 0.1) is 10.8 Å². The van der Waals surface area contributed by atoms with Crippen molar-refractivity contribution >= 4 is 38.1 Å². The van der Waals surface area contributed by atoms with Crippen molar-refractivity contribution < 1.29 is 23.1 Å². The first-order valence-corrected chi connectivity index (χ1v) is 7.46. The molecule has 6 nitrogen and oxygen atoms in total. The molecule has 2 N–H and O–H groups in total. The molecule has 0 aliphatic carbocycles. The summed E-state index contributed by atoms with van der Waals surface area (Å²) < 4.78 is 21.7. The fourth-order valence-corrected chi connectivity index (χ4v) is 2.32. The second kappa shape index (κ2) is 5.28. The van der Waals surface area contributed by atoms with Crippen LogP contribution < -0.4 is 5.32 Å². The van der Waals surface area contributed by atoms with Crippen molar-refractivity contribution in [2.75, 3.05) is 17.3 Å². The number of aromatic carboxylic acids is 1. The molecule has 1 amide bonds. The molecule has 1 aromatic heterocycles. The fraction of sp³-hybridized carbons (Fsp3) is 0.333. The Morgan fingerprint density at radius 1 is 1.41 bits per heavy atom. The summed E-state index contributed by atoms with van der Waals surface area (Å²) in [4.78, 5) is 22.0. The molecule has 0 saturated carbocycles. The molecule has 0 fully saturated rings. The first-order valence-electron chi connectivity index (χ1n) is 4.58. The summed E-state index contributed by atoms with van der Waals surface area (Å²) in [7, 11) is -3.17. The van der Waals surface area contributed by atoms with Gasteiger partial charge in [0.25, 0.3) is 0 Å². The van der Waals surface area contributed by atoms with Crippen LogP contribution in [0.2, 0.25) is 0 Å². The molecule has 0 radical (unpaired) electrons. The van der Waals surface area contributed by atoms with Gasteiger partial charge in [-0.05, 0) is 12.1 Å². The number of nitrogens with one attached hydrogen (secondary N) is 1. The molecule has 0 spiro atoms. The summed E-state index contributed by atoms with van der Waals surface area (Å²) in [5.74, 6) is -1.74. The zero-order chi connectivity index (χ0) is 13.1. The number of sulfone groups is 1. The average molecular weight is 277 g/mol.